The molecule has 74 valence electrons. The van der Waals surface area contributed by atoms with Gasteiger partial charge in [0.25, 0.3) is 0 Å². The largest absolute Gasteiger partial charge is 0.494 e. The molecule has 0 bridgehead atoms. The van der Waals surface area contributed by atoms with Gasteiger partial charge in [-0.3, -0.25) is 0 Å². The Balaban J connectivity index is 3.03. The molecule has 1 rings (SSSR count). The first kappa shape index (κ1) is 10.2. The SMILES string of the molecule is COc1cccc(/C=C/C(=O)O)c1F. The third-order valence-electron chi connectivity index (χ3n) is 1.62. The lowest BCUT2D eigenvalue weighted by Crippen LogP contribution is -1.91. The maximum Gasteiger partial charge on any atom is 0.328 e. The minimum atomic E-state index is -1.12. The second-order valence-corrected chi connectivity index (χ2v) is 2.54. The lowest BCUT2D eigenvalue weighted by molar-refractivity contribution is -0.131. The third-order valence-corrected chi connectivity index (χ3v) is 1.62. The average Bonchev–Trinajstić information content (AvgIpc) is 2.16. The molecule has 4 heteroatoms. The zero-order valence-corrected chi connectivity index (χ0v) is 7.53. The highest BCUT2D eigenvalue weighted by Gasteiger charge is 2.05. The van der Waals surface area contributed by atoms with E-state index in [1.807, 2.05) is 0 Å². The summed E-state index contributed by atoms with van der Waals surface area (Å²) in [6.07, 6.45) is 2.05. The van der Waals surface area contributed by atoms with Gasteiger partial charge in [-0.1, -0.05) is 12.1 Å². The van der Waals surface area contributed by atoms with Crippen molar-refractivity contribution in [3.63, 3.8) is 0 Å². The molecule has 0 fully saturated rings. The molecular weight excluding hydrogens is 187 g/mol. The van der Waals surface area contributed by atoms with Gasteiger partial charge in [0, 0.05) is 11.6 Å². The highest BCUT2D eigenvalue weighted by molar-refractivity contribution is 5.85. The lowest BCUT2D eigenvalue weighted by Gasteiger charge is -2.02. The molecule has 0 spiro atoms. The summed E-state index contributed by atoms with van der Waals surface area (Å²) in [4.78, 5) is 10.2. The van der Waals surface area contributed by atoms with Crippen molar-refractivity contribution in [3.8, 4) is 5.75 Å². The number of hydrogen-bond acceptors (Lipinski definition) is 2. The number of carbonyl (C=O) groups is 1. The Labute approximate surface area is 80.4 Å². The molecule has 0 aromatic heterocycles. The molecule has 1 aromatic rings. The van der Waals surface area contributed by atoms with Crippen LogP contribution in [0.15, 0.2) is 24.3 Å². The minimum Gasteiger partial charge on any atom is -0.494 e. The standard InChI is InChI=1S/C10H9FO3/c1-14-8-4-2-3-7(10(8)11)5-6-9(12)13/h2-6H,1H3,(H,12,13)/b6-5+. The number of methoxy groups -OCH3 is 1. The lowest BCUT2D eigenvalue weighted by atomic mass is 10.2. The van der Waals surface area contributed by atoms with E-state index >= 15 is 0 Å². The molecule has 0 aliphatic carbocycles. The predicted octanol–water partition coefficient (Wildman–Crippen LogP) is 1.93. The zero-order valence-electron chi connectivity index (χ0n) is 7.53. The zero-order chi connectivity index (χ0) is 10.6. The van der Waals surface area contributed by atoms with Crippen molar-refractivity contribution in [1.82, 2.24) is 0 Å². The fraction of sp³-hybridized carbons (Fsp3) is 0.100. The number of halogens is 1. The Morgan fingerprint density at radius 2 is 2.29 bits per heavy atom. The number of benzene rings is 1. The van der Waals surface area contributed by atoms with Crippen LogP contribution in [-0.2, 0) is 4.79 Å². The van der Waals surface area contributed by atoms with Crippen LogP contribution in [0, 0.1) is 5.82 Å². The van der Waals surface area contributed by atoms with E-state index in [1.165, 1.54) is 25.3 Å². The summed E-state index contributed by atoms with van der Waals surface area (Å²) in [6, 6.07) is 4.52. The molecule has 0 aliphatic rings. The molecule has 0 atom stereocenters. The first-order chi connectivity index (χ1) is 6.65. The van der Waals surface area contributed by atoms with Gasteiger partial charge in [-0.2, -0.15) is 0 Å². The molecule has 1 aromatic carbocycles. The summed E-state index contributed by atoms with van der Waals surface area (Å²) in [5.74, 6) is -1.59. The van der Waals surface area contributed by atoms with E-state index in [1.54, 1.807) is 6.07 Å². The van der Waals surface area contributed by atoms with Crippen LogP contribution in [0.4, 0.5) is 4.39 Å². The molecule has 0 radical (unpaired) electrons. The van der Waals surface area contributed by atoms with Crippen molar-refractivity contribution in [2.24, 2.45) is 0 Å². The van der Waals surface area contributed by atoms with Crippen LogP contribution in [-0.4, -0.2) is 18.2 Å². The van der Waals surface area contributed by atoms with Crippen LogP contribution in [0.1, 0.15) is 5.56 Å². The van der Waals surface area contributed by atoms with E-state index in [4.69, 9.17) is 9.84 Å². The third kappa shape index (κ3) is 2.32. The topological polar surface area (TPSA) is 46.5 Å². The van der Waals surface area contributed by atoms with Crippen LogP contribution in [0.5, 0.6) is 5.75 Å². The molecule has 0 saturated heterocycles. The van der Waals surface area contributed by atoms with Gasteiger partial charge in [0.2, 0.25) is 0 Å². The van der Waals surface area contributed by atoms with E-state index in [2.05, 4.69) is 0 Å². The van der Waals surface area contributed by atoms with Crippen molar-refractivity contribution < 1.29 is 19.0 Å². The van der Waals surface area contributed by atoms with E-state index in [0.717, 1.165) is 6.08 Å². The smallest absolute Gasteiger partial charge is 0.328 e. The molecule has 0 aliphatic heterocycles. The first-order valence-corrected chi connectivity index (χ1v) is 3.88. The van der Waals surface area contributed by atoms with Gasteiger partial charge in [-0.15, -0.1) is 0 Å². The van der Waals surface area contributed by atoms with Crippen molar-refractivity contribution in [3.05, 3.63) is 35.7 Å². The summed E-state index contributed by atoms with van der Waals surface area (Å²) in [5, 5.41) is 8.35. The van der Waals surface area contributed by atoms with Crippen LogP contribution in [0.3, 0.4) is 0 Å². The van der Waals surface area contributed by atoms with Gasteiger partial charge in [-0.05, 0) is 12.1 Å². The minimum absolute atomic E-state index is 0.0949. The molecule has 0 heterocycles. The highest BCUT2D eigenvalue weighted by atomic mass is 19.1. The van der Waals surface area contributed by atoms with Crippen LogP contribution in [0.2, 0.25) is 0 Å². The van der Waals surface area contributed by atoms with Crippen LogP contribution >= 0.6 is 0 Å². The molecule has 3 nitrogen and oxygen atoms in total. The molecule has 1 N–H and O–H groups in total. The highest BCUT2D eigenvalue weighted by Crippen LogP contribution is 2.20. The predicted molar refractivity (Wildman–Crippen MR) is 49.6 cm³/mol. The second-order valence-electron chi connectivity index (χ2n) is 2.54. The summed E-state index contributed by atoms with van der Waals surface area (Å²) >= 11 is 0. The maximum atomic E-state index is 13.4. The van der Waals surface area contributed by atoms with Gasteiger partial charge < -0.3 is 9.84 Å². The van der Waals surface area contributed by atoms with E-state index in [0.29, 0.717) is 0 Å². The fourth-order valence-electron chi connectivity index (χ4n) is 0.975. The van der Waals surface area contributed by atoms with Crippen LogP contribution in [0.25, 0.3) is 6.08 Å². The number of aliphatic carboxylic acids is 1. The summed E-state index contributed by atoms with van der Waals surface area (Å²) < 4.78 is 18.1. The summed E-state index contributed by atoms with van der Waals surface area (Å²) in [6.45, 7) is 0. The van der Waals surface area contributed by atoms with Gasteiger partial charge in [0.05, 0.1) is 7.11 Å². The van der Waals surface area contributed by atoms with Crippen molar-refractivity contribution in [2.75, 3.05) is 7.11 Å². The second kappa shape index (κ2) is 4.41. The monoisotopic (exact) mass is 196 g/mol. The van der Waals surface area contributed by atoms with Crippen molar-refractivity contribution in [1.29, 1.82) is 0 Å². The van der Waals surface area contributed by atoms with Crippen LogP contribution < -0.4 is 4.74 Å². The normalized spacial score (nSPS) is 10.4. The first-order valence-electron chi connectivity index (χ1n) is 3.88. The van der Waals surface area contributed by atoms with Crippen molar-refractivity contribution in [2.45, 2.75) is 0 Å². The average molecular weight is 196 g/mol. The Bertz CT molecular complexity index is 372. The van der Waals surface area contributed by atoms with E-state index < -0.39 is 11.8 Å². The Morgan fingerprint density at radius 1 is 1.57 bits per heavy atom. The molecule has 0 unspecified atom stereocenters. The van der Waals surface area contributed by atoms with E-state index in [9.17, 15) is 9.18 Å². The molecule has 0 saturated carbocycles. The Hall–Kier alpha value is -1.84. The van der Waals surface area contributed by atoms with Crippen molar-refractivity contribution >= 4 is 12.0 Å². The molecular formula is C10H9FO3. The maximum absolute atomic E-state index is 13.4. The van der Waals surface area contributed by atoms with Gasteiger partial charge in [0.1, 0.15) is 0 Å². The fourth-order valence-corrected chi connectivity index (χ4v) is 0.975. The number of hydrogen-bond donors (Lipinski definition) is 1. The quantitative estimate of drug-likeness (QED) is 0.751. The number of ether oxygens (including phenoxy) is 1. The number of carboxylic acids is 1. The van der Waals surface area contributed by atoms with E-state index in [-0.39, 0.29) is 11.3 Å². The Kier molecular flexibility index (Phi) is 3.23. The van der Waals surface area contributed by atoms with Gasteiger partial charge in [0.15, 0.2) is 11.6 Å². The summed E-state index contributed by atoms with van der Waals surface area (Å²) in [5.41, 5.74) is 0.187. The van der Waals surface area contributed by atoms with Gasteiger partial charge >= 0.3 is 5.97 Å². The number of rotatable bonds is 3. The number of carboxylic acid groups (broad SMARTS) is 1. The molecule has 0 amide bonds. The Morgan fingerprint density at radius 3 is 2.86 bits per heavy atom. The van der Waals surface area contributed by atoms with Gasteiger partial charge in [-0.25, -0.2) is 9.18 Å². The summed E-state index contributed by atoms with van der Waals surface area (Å²) in [7, 11) is 1.35. The molecule has 14 heavy (non-hydrogen) atoms.